The topological polar surface area (TPSA) is 40.5 Å². The van der Waals surface area contributed by atoms with E-state index >= 15 is 0 Å². The Morgan fingerprint density at radius 3 is 2.94 bits per heavy atom. The second-order valence-corrected chi connectivity index (χ2v) is 6.13. The van der Waals surface area contributed by atoms with Crippen molar-refractivity contribution in [3.05, 3.63) is 21.9 Å². The van der Waals surface area contributed by atoms with Crippen LogP contribution < -0.4 is 0 Å². The number of nitrogens with zero attached hydrogens (tertiary/aromatic N) is 1. The first-order valence-electron chi connectivity index (χ1n) is 6.18. The van der Waals surface area contributed by atoms with Crippen molar-refractivity contribution >= 4 is 17.2 Å². The van der Waals surface area contributed by atoms with Gasteiger partial charge in [0.25, 0.3) is 5.91 Å². The van der Waals surface area contributed by atoms with Crippen molar-refractivity contribution in [1.29, 1.82) is 0 Å². The van der Waals surface area contributed by atoms with Crippen molar-refractivity contribution in [3.8, 4) is 0 Å². The Morgan fingerprint density at radius 1 is 1.47 bits per heavy atom. The number of thiophene rings is 1. The largest absolute Gasteiger partial charge is 0.393 e. The molecule has 3 nitrogen and oxygen atoms in total. The van der Waals surface area contributed by atoms with Gasteiger partial charge in [-0.05, 0) is 42.7 Å². The number of carbonyl (C=O) groups excluding carboxylic acids is 1. The average molecular weight is 251 g/mol. The van der Waals surface area contributed by atoms with E-state index in [0.29, 0.717) is 11.8 Å². The summed E-state index contributed by atoms with van der Waals surface area (Å²) in [6.07, 6.45) is 1.79. The maximum atomic E-state index is 12.3. The highest BCUT2D eigenvalue weighted by atomic mass is 32.1. The molecule has 4 heteroatoms. The van der Waals surface area contributed by atoms with E-state index in [9.17, 15) is 9.90 Å². The Kier molecular flexibility index (Phi) is 2.71. The van der Waals surface area contributed by atoms with Gasteiger partial charge in [-0.15, -0.1) is 11.3 Å². The van der Waals surface area contributed by atoms with E-state index in [2.05, 4.69) is 0 Å². The van der Waals surface area contributed by atoms with Gasteiger partial charge in [0.1, 0.15) is 0 Å². The quantitative estimate of drug-likeness (QED) is 0.828. The molecule has 17 heavy (non-hydrogen) atoms. The molecule has 3 unspecified atom stereocenters. The van der Waals surface area contributed by atoms with Crippen LogP contribution >= 0.6 is 11.3 Å². The first-order valence-corrected chi connectivity index (χ1v) is 7.06. The Hall–Kier alpha value is -0.870. The van der Waals surface area contributed by atoms with E-state index in [0.717, 1.165) is 36.4 Å². The molecule has 2 aliphatic rings. The highest BCUT2D eigenvalue weighted by molar-refractivity contribution is 7.12. The predicted molar refractivity (Wildman–Crippen MR) is 67.2 cm³/mol. The van der Waals surface area contributed by atoms with Crippen LogP contribution in [0.25, 0.3) is 0 Å². The van der Waals surface area contributed by atoms with Gasteiger partial charge in [-0.3, -0.25) is 4.79 Å². The summed E-state index contributed by atoms with van der Waals surface area (Å²) in [5, 5.41) is 11.8. The number of hydrogen-bond donors (Lipinski definition) is 1. The summed E-state index contributed by atoms with van der Waals surface area (Å²) in [6.45, 7) is 3.55. The lowest BCUT2D eigenvalue weighted by atomic mass is 10.00. The highest BCUT2D eigenvalue weighted by Gasteiger charge is 2.43. The average Bonchev–Trinajstić information content (AvgIpc) is 2.96. The van der Waals surface area contributed by atoms with Crippen LogP contribution in [0.3, 0.4) is 0 Å². The van der Waals surface area contributed by atoms with Gasteiger partial charge in [-0.25, -0.2) is 0 Å². The molecule has 1 N–H and O–H groups in total. The van der Waals surface area contributed by atoms with Crippen molar-refractivity contribution in [3.63, 3.8) is 0 Å². The molecule has 0 radical (unpaired) electrons. The van der Waals surface area contributed by atoms with Gasteiger partial charge < -0.3 is 10.0 Å². The zero-order chi connectivity index (χ0) is 12.0. The van der Waals surface area contributed by atoms with E-state index in [1.807, 2.05) is 23.3 Å². The van der Waals surface area contributed by atoms with Gasteiger partial charge >= 0.3 is 0 Å². The van der Waals surface area contributed by atoms with Crippen LogP contribution in [0.15, 0.2) is 11.4 Å². The molecule has 1 saturated heterocycles. The fourth-order valence-electron chi connectivity index (χ4n) is 3.14. The van der Waals surface area contributed by atoms with Gasteiger partial charge in [-0.1, -0.05) is 0 Å². The molecule has 92 valence electrons. The zero-order valence-electron chi connectivity index (χ0n) is 9.93. The lowest BCUT2D eigenvalue weighted by molar-refractivity contribution is 0.0756. The Bertz CT molecular complexity index is 442. The molecule has 2 fully saturated rings. The summed E-state index contributed by atoms with van der Waals surface area (Å²) >= 11 is 1.52. The number of carbonyl (C=O) groups is 1. The Morgan fingerprint density at radius 2 is 2.29 bits per heavy atom. The molecule has 1 amide bonds. The molecular weight excluding hydrogens is 234 g/mol. The number of aliphatic hydroxyl groups excluding tert-OH is 1. The molecule has 0 bridgehead atoms. The van der Waals surface area contributed by atoms with Gasteiger partial charge in [0.15, 0.2) is 0 Å². The van der Waals surface area contributed by atoms with E-state index in [1.54, 1.807) is 0 Å². The normalized spacial score (nSPS) is 31.9. The molecule has 1 saturated carbocycles. The molecule has 1 aromatic heterocycles. The zero-order valence-corrected chi connectivity index (χ0v) is 10.7. The Labute approximate surface area is 105 Å². The van der Waals surface area contributed by atoms with E-state index < -0.39 is 0 Å². The third-order valence-electron chi connectivity index (χ3n) is 4.16. The standard InChI is InChI=1S/C13H17NO2S/c1-8-4-5-17-12(8)13(16)14-6-9-2-3-11(15)10(9)7-14/h4-5,9-11,15H,2-3,6-7H2,1H3. The summed E-state index contributed by atoms with van der Waals surface area (Å²) in [5.41, 5.74) is 1.07. The number of amides is 1. The summed E-state index contributed by atoms with van der Waals surface area (Å²) in [4.78, 5) is 15.1. The molecule has 0 aromatic carbocycles. The molecule has 1 aromatic rings. The van der Waals surface area contributed by atoms with Crippen LogP contribution in [0.5, 0.6) is 0 Å². The minimum atomic E-state index is -0.192. The summed E-state index contributed by atoms with van der Waals surface area (Å²) in [6, 6.07) is 1.99. The second-order valence-electron chi connectivity index (χ2n) is 5.21. The van der Waals surface area contributed by atoms with Gasteiger partial charge in [0, 0.05) is 19.0 Å². The SMILES string of the molecule is Cc1ccsc1C(=O)N1CC2CCC(O)C2C1. The fraction of sp³-hybridized carbons (Fsp3) is 0.615. The van der Waals surface area contributed by atoms with Crippen LogP contribution in [0, 0.1) is 18.8 Å². The van der Waals surface area contributed by atoms with Crippen molar-refractivity contribution in [2.24, 2.45) is 11.8 Å². The third kappa shape index (κ3) is 1.79. The minimum absolute atomic E-state index is 0.152. The van der Waals surface area contributed by atoms with Crippen LogP contribution in [-0.2, 0) is 0 Å². The molecule has 1 aliphatic carbocycles. The third-order valence-corrected chi connectivity index (χ3v) is 5.17. The van der Waals surface area contributed by atoms with Gasteiger partial charge in [0.05, 0.1) is 11.0 Å². The van der Waals surface area contributed by atoms with E-state index in [-0.39, 0.29) is 12.0 Å². The molecular formula is C13H17NO2S. The predicted octanol–water partition coefficient (Wildman–Crippen LogP) is 1.90. The molecule has 2 heterocycles. The Balaban J connectivity index is 1.75. The van der Waals surface area contributed by atoms with Crippen molar-refractivity contribution in [1.82, 2.24) is 4.90 Å². The minimum Gasteiger partial charge on any atom is -0.393 e. The molecule has 3 rings (SSSR count). The number of aliphatic hydroxyl groups is 1. The monoisotopic (exact) mass is 251 g/mol. The van der Waals surface area contributed by atoms with Gasteiger partial charge in [-0.2, -0.15) is 0 Å². The first-order chi connectivity index (χ1) is 8.16. The molecule has 1 aliphatic heterocycles. The van der Waals surface area contributed by atoms with E-state index in [4.69, 9.17) is 0 Å². The lowest BCUT2D eigenvalue weighted by Gasteiger charge is -2.18. The number of rotatable bonds is 1. The maximum Gasteiger partial charge on any atom is 0.264 e. The maximum absolute atomic E-state index is 12.3. The number of hydrogen-bond acceptors (Lipinski definition) is 3. The molecule has 0 spiro atoms. The smallest absolute Gasteiger partial charge is 0.264 e. The van der Waals surface area contributed by atoms with Crippen molar-refractivity contribution < 1.29 is 9.90 Å². The summed E-state index contributed by atoms with van der Waals surface area (Å²) in [7, 11) is 0. The van der Waals surface area contributed by atoms with Crippen LogP contribution in [0.4, 0.5) is 0 Å². The highest BCUT2D eigenvalue weighted by Crippen LogP contribution is 2.38. The number of aryl methyl sites for hydroxylation is 1. The molecule has 3 atom stereocenters. The second kappa shape index (κ2) is 4.10. The number of likely N-dealkylation sites (tertiary alicyclic amines) is 1. The van der Waals surface area contributed by atoms with Crippen LogP contribution in [0.2, 0.25) is 0 Å². The van der Waals surface area contributed by atoms with Crippen LogP contribution in [0.1, 0.15) is 28.1 Å². The number of fused-ring (bicyclic) bond motifs is 1. The fourth-order valence-corrected chi connectivity index (χ4v) is 4.03. The lowest BCUT2D eigenvalue weighted by Crippen LogP contribution is -2.30. The van der Waals surface area contributed by atoms with Crippen molar-refractivity contribution in [2.45, 2.75) is 25.9 Å². The van der Waals surface area contributed by atoms with E-state index in [1.165, 1.54) is 11.3 Å². The first kappa shape index (κ1) is 11.2. The van der Waals surface area contributed by atoms with Crippen molar-refractivity contribution in [2.75, 3.05) is 13.1 Å². The summed E-state index contributed by atoms with van der Waals surface area (Å²) in [5.74, 6) is 0.993. The van der Waals surface area contributed by atoms with Gasteiger partial charge in [0.2, 0.25) is 0 Å². The van der Waals surface area contributed by atoms with Crippen LogP contribution in [-0.4, -0.2) is 35.1 Å². The summed E-state index contributed by atoms with van der Waals surface area (Å²) < 4.78 is 0.